The van der Waals surface area contributed by atoms with Crippen molar-refractivity contribution in [3.8, 4) is 11.1 Å². The zero-order valence-electron chi connectivity index (χ0n) is 17.7. The fourth-order valence-corrected chi connectivity index (χ4v) is 3.99. The molecule has 0 radical (unpaired) electrons. The summed E-state index contributed by atoms with van der Waals surface area (Å²) in [4.78, 5) is 24.5. The van der Waals surface area contributed by atoms with Crippen LogP contribution in [0.2, 0.25) is 0 Å². The lowest BCUT2D eigenvalue weighted by Crippen LogP contribution is -2.35. The van der Waals surface area contributed by atoms with Crippen molar-refractivity contribution in [1.82, 2.24) is 5.32 Å². The second kappa shape index (κ2) is 8.97. The van der Waals surface area contributed by atoms with Gasteiger partial charge in [0.05, 0.1) is 12.7 Å². The van der Waals surface area contributed by atoms with E-state index in [1.807, 2.05) is 12.1 Å². The van der Waals surface area contributed by atoms with Crippen LogP contribution in [0.4, 0.5) is 23.7 Å². The summed E-state index contributed by atoms with van der Waals surface area (Å²) in [5.74, 6) is -0.368. The molecule has 0 spiro atoms. The van der Waals surface area contributed by atoms with E-state index in [-0.39, 0.29) is 11.9 Å². The maximum Gasteiger partial charge on any atom is 0.416 e. The maximum atomic E-state index is 13.0. The lowest BCUT2D eigenvalue weighted by atomic mass is 9.98. The highest BCUT2D eigenvalue weighted by Crippen LogP contribution is 2.32. The van der Waals surface area contributed by atoms with Crippen molar-refractivity contribution in [2.24, 2.45) is 0 Å². The molecule has 0 fully saturated rings. The van der Waals surface area contributed by atoms with Crippen LogP contribution < -0.4 is 10.6 Å². The summed E-state index contributed by atoms with van der Waals surface area (Å²) in [5, 5.41) is 5.65. The minimum Gasteiger partial charge on any atom is -0.453 e. The van der Waals surface area contributed by atoms with E-state index < -0.39 is 17.8 Å². The smallest absolute Gasteiger partial charge is 0.416 e. The van der Waals surface area contributed by atoms with Gasteiger partial charge in [-0.05, 0) is 65.4 Å². The number of rotatable bonds is 4. The molecule has 0 heterocycles. The molecule has 1 atom stereocenters. The number of benzene rings is 3. The molecule has 170 valence electrons. The number of methoxy groups -OCH3 is 1. The Balaban J connectivity index is 1.52. The molecule has 1 aliphatic rings. The predicted octanol–water partition coefficient (Wildman–Crippen LogP) is 5.45. The van der Waals surface area contributed by atoms with Crippen molar-refractivity contribution in [2.45, 2.75) is 25.1 Å². The molecule has 1 unspecified atom stereocenters. The van der Waals surface area contributed by atoms with Crippen molar-refractivity contribution in [1.29, 1.82) is 0 Å². The first-order chi connectivity index (χ1) is 15.7. The number of anilines is 1. The number of alkyl halides is 3. The highest BCUT2D eigenvalue weighted by Gasteiger charge is 2.30. The molecule has 8 heteroatoms. The van der Waals surface area contributed by atoms with E-state index in [0.717, 1.165) is 23.3 Å². The summed E-state index contributed by atoms with van der Waals surface area (Å²) in [7, 11) is 1.31. The lowest BCUT2D eigenvalue weighted by Gasteiger charge is -2.12. The number of carbonyl (C=O) groups excluding carboxylic acids is 2. The number of alkyl carbamates (subject to hydrolysis) is 1. The molecule has 0 saturated heterocycles. The fourth-order valence-electron chi connectivity index (χ4n) is 3.99. The van der Waals surface area contributed by atoms with Gasteiger partial charge in [0.25, 0.3) is 5.91 Å². The van der Waals surface area contributed by atoms with E-state index >= 15 is 0 Å². The van der Waals surface area contributed by atoms with E-state index in [9.17, 15) is 22.8 Å². The molecule has 4 rings (SSSR count). The molecule has 0 bridgehead atoms. The quantitative estimate of drug-likeness (QED) is 0.551. The Morgan fingerprint density at radius 3 is 2.33 bits per heavy atom. The first kappa shape index (κ1) is 22.4. The van der Waals surface area contributed by atoms with Crippen LogP contribution >= 0.6 is 0 Å². The van der Waals surface area contributed by atoms with Gasteiger partial charge in [0, 0.05) is 17.3 Å². The summed E-state index contributed by atoms with van der Waals surface area (Å²) in [6, 6.07) is 17.0. The average molecular weight is 454 g/mol. The molecule has 5 nitrogen and oxygen atoms in total. The molecule has 2 N–H and O–H groups in total. The number of hydrogen-bond donors (Lipinski definition) is 2. The highest BCUT2D eigenvalue weighted by molar-refractivity contribution is 6.08. The van der Waals surface area contributed by atoms with Crippen molar-refractivity contribution >= 4 is 17.7 Å². The Morgan fingerprint density at radius 2 is 1.64 bits per heavy atom. The van der Waals surface area contributed by atoms with Crippen molar-refractivity contribution in [3.05, 3.63) is 89.0 Å². The summed E-state index contributed by atoms with van der Waals surface area (Å²) in [5.41, 5.74) is 3.35. The fraction of sp³-hybridized carbons (Fsp3) is 0.200. The zero-order valence-corrected chi connectivity index (χ0v) is 17.7. The van der Waals surface area contributed by atoms with Crippen LogP contribution in [0.15, 0.2) is 66.7 Å². The first-order valence-electron chi connectivity index (χ1n) is 10.3. The third kappa shape index (κ3) is 5.00. The van der Waals surface area contributed by atoms with E-state index in [1.165, 1.54) is 19.2 Å². The minimum atomic E-state index is -4.42. The predicted molar refractivity (Wildman–Crippen MR) is 118 cm³/mol. The van der Waals surface area contributed by atoms with E-state index in [1.54, 1.807) is 30.3 Å². The number of ether oxygens (including phenoxy) is 1. The molecule has 2 amide bonds. The molecule has 0 saturated carbocycles. The van der Waals surface area contributed by atoms with Crippen LogP contribution in [-0.4, -0.2) is 25.2 Å². The molecular weight excluding hydrogens is 433 g/mol. The second-order valence-corrected chi connectivity index (χ2v) is 7.80. The number of nitrogens with one attached hydrogen (secondary N) is 2. The van der Waals surface area contributed by atoms with Gasteiger partial charge in [-0.25, -0.2) is 4.79 Å². The van der Waals surface area contributed by atoms with Gasteiger partial charge in [-0.2, -0.15) is 13.2 Å². The molecule has 33 heavy (non-hydrogen) atoms. The van der Waals surface area contributed by atoms with Crippen LogP contribution in [0.3, 0.4) is 0 Å². The number of hydrogen-bond acceptors (Lipinski definition) is 3. The number of fused-ring (bicyclic) bond motifs is 1. The zero-order chi connectivity index (χ0) is 23.6. The van der Waals surface area contributed by atoms with Crippen LogP contribution in [0, 0.1) is 0 Å². The number of carbonyl (C=O) groups is 2. The maximum absolute atomic E-state index is 13.0. The molecular formula is C25H21F3N2O3. The van der Waals surface area contributed by atoms with Gasteiger partial charge < -0.3 is 15.4 Å². The minimum absolute atomic E-state index is 0.0706. The van der Waals surface area contributed by atoms with Gasteiger partial charge in [-0.3, -0.25) is 4.79 Å². The third-order valence-corrected chi connectivity index (χ3v) is 5.60. The Labute approximate surface area is 188 Å². The SMILES string of the molecule is COC(=O)NC1Cc2ccc(NC(=O)c3ccccc3-c3ccc(C(F)(F)F)cc3)cc2C1. The van der Waals surface area contributed by atoms with Gasteiger partial charge in [0.2, 0.25) is 0 Å². The van der Waals surface area contributed by atoms with Crippen LogP contribution in [0.1, 0.15) is 27.0 Å². The van der Waals surface area contributed by atoms with Crippen molar-refractivity contribution in [2.75, 3.05) is 12.4 Å². The summed E-state index contributed by atoms with van der Waals surface area (Å²) < 4.78 is 43.3. The topological polar surface area (TPSA) is 67.4 Å². The molecule has 3 aromatic rings. The van der Waals surface area contributed by atoms with E-state index in [4.69, 9.17) is 0 Å². The van der Waals surface area contributed by atoms with E-state index in [2.05, 4.69) is 15.4 Å². The van der Waals surface area contributed by atoms with Gasteiger partial charge >= 0.3 is 12.3 Å². The Morgan fingerprint density at radius 1 is 0.939 bits per heavy atom. The second-order valence-electron chi connectivity index (χ2n) is 7.80. The van der Waals surface area contributed by atoms with Crippen LogP contribution in [-0.2, 0) is 23.8 Å². The summed E-state index contributed by atoms with van der Waals surface area (Å²) in [6.45, 7) is 0. The van der Waals surface area contributed by atoms with Gasteiger partial charge in [-0.15, -0.1) is 0 Å². The summed E-state index contributed by atoms with van der Waals surface area (Å²) in [6.07, 6.45) is -3.61. The Kier molecular flexibility index (Phi) is 6.09. The van der Waals surface area contributed by atoms with Crippen molar-refractivity contribution in [3.63, 3.8) is 0 Å². The standard InChI is InChI=1S/C25H21F3N2O3/c1-33-24(32)30-20-12-16-8-11-19(13-17(16)14-20)29-23(31)22-5-3-2-4-21(22)15-6-9-18(10-7-15)25(26,27)28/h2-11,13,20H,12,14H2,1H3,(H,29,31)(H,30,32). The van der Waals surface area contributed by atoms with Gasteiger partial charge in [-0.1, -0.05) is 36.4 Å². The van der Waals surface area contributed by atoms with Crippen molar-refractivity contribution < 1.29 is 27.5 Å². The average Bonchev–Trinajstić information content (AvgIpc) is 3.20. The van der Waals surface area contributed by atoms with E-state index in [0.29, 0.717) is 35.2 Å². The third-order valence-electron chi connectivity index (χ3n) is 5.60. The molecule has 3 aromatic carbocycles. The number of amides is 2. The van der Waals surface area contributed by atoms with Crippen LogP contribution in [0.25, 0.3) is 11.1 Å². The van der Waals surface area contributed by atoms with Gasteiger partial charge in [0.1, 0.15) is 0 Å². The lowest BCUT2D eigenvalue weighted by molar-refractivity contribution is -0.137. The van der Waals surface area contributed by atoms with Crippen LogP contribution in [0.5, 0.6) is 0 Å². The molecule has 0 aromatic heterocycles. The normalized spacial score (nSPS) is 15.0. The first-order valence-corrected chi connectivity index (χ1v) is 10.3. The Hall–Kier alpha value is -3.81. The molecule has 1 aliphatic carbocycles. The monoisotopic (exact) mass is 454 g/mol. The molecule has 0 aliphatic heterocycles. The number of halogens is 3. The van der Waals surface area contributed by atoms with Gasteiger partial charge in [0.15, 0.2) is 0 Å². The largest absolute Gasteiger partial charge is 0.453 e. The highest BCUT2D eigenvalue weighted by atomic mass is 19.4. The Bertz CT molecular complexity index is 1190. The summed E-state index contributed by atoms with van der Waals surface area (Å²) >= 11 is 0.